The fourth-order valence-electron chi connectivity index (χ4n) is 2.71. The van der Waals surface area contributed by atoms with Crippen LogP contribution in [0.25, 0.3) is 0 Å². The van der Waals surface area contributed by atoms with E-state index < -0.39 is 0 Å². The zero-order chi connectivity index (χ0) is 13.1. The Hall–Kier alpha value is -1.29. The number of likely N-dealkylation sites (tertiary alicyclic amines) is 1. The molecule has 1 aliphatic heterocycles. The third-order valence-corrected chi connectivity index (χ3v) is 3.93. The van der Waals surface area contributed by atoms with Gasteiger partial charge >= 0.3 is 0 Å². The number of hydrogen-bond acceptors (Lipinski definition) is 2. The summed E-state index contributed by atoms with van der Waals surface area (Å²) in [7, 11) is 1.93. The van der Waals surface area contributed by atoms with Gasteiger partial charge in [-0.1, -0.05) is 0 Å². The molecule has 1 fully saturated rings. The molecule has 0 aliphatic carbocycles. The largest absolute Gasteiger partial charge is 0.396 e. The highest BCUT2D eigenvalue weighted by molar-refractivity contribution is 5.93. The minimum absolute atomic E-state index is 0.131. The van der Waals surface area contributed by atoms with Crippen molar-refractivity contribution in [2.24, 2.45) is 7.05 Å². The Morgan fingerprint density at radius 2 is 2.28 bits per heavy atom. The summed E-state index contributed by atoms with van der Waals surface area (Å²) in [5.41, 5.74) is 1.87. The van der Waals surface area contributed by atoms with Gasteiger partial charge in [0.15, 0.2) is 0 Å². The minimum Gasteiger partial charge on any atom is -0.396 e. The van der Waals surface area contributed by atoms with E-state index in [2.05, 4.69) is 0 Å². The topological polar surface area (TPSA) is 45.5 Å². The molecule has 1 aromatic heterocycles. The van der Waals surface area contributed by atoms with E-state index in [9.17, 15) is 4.79 Å². The fourth-order valence-corrected chi connectivity index (χ4v) is 2.71. The summed E-state index contributed by atoms with van der Waals surface area (Å²) >= 11 is 0. The normalized spacial score (nSPS) is 19.5. The molecule has 4 nitrogen and oxygen atoms in total. The SMILES string of the molecule is Cc1ccc(C(=O)N2CCCC2CCCO)n1C. The van der Waals surface area contributed by atoms with Crippen molar-refractivity contribution in [1.29, 1.82) is 0 Å². The van der Waals surface area contributed by atoms with Gasteiger partial charge in [0.1, 0.15) is 5.69 Å². The summed E-state index contributed by atoms with van der Waals surface area (Å²) in [6.07, 6.45) is 3.83. The van der Waals surface area contributed by atoms with Gasteiger partial charge in [0.05, 0.1) is 0 Å². The highest BCUT2D eigenvalue weighted by Crippen LogP contribution is 2.23. The predicted molar refractivity (Wildman–Crippen MR) is 70.5 cm³/mol. The second-order valence-corrected chi connectivity index (χ2v) is 5.08. The van der Waals surface area contributed by atoms with Crippen molar-refractivity contribution in [2.75, 3.05) is 13.2 Å². The Morgan fingerprint density at radius 1 is 1.50 bits per heavy atom. The van der Waals surface area contributed by atoms with Crippen LogP contribution in [0.1, 0.15) is 41.9 Å². The molecule has 1 N–H and O–H groups in total. The molecule has 0 saturated carbocycles. The maximum absolute atomic E-state index is 12.5. The quantitative estimate of drug-likeness (QED) is 0.884. The average molecular weight is 250 g/mol. The molecule has 1 unspecified atom stereocenters. The summed E-state index contributed by atoms with van der Waals surface area (Å²) in [6, 6.07) is 4.19. The summed E-state index contributed by atoms with van der Waals surface area (Å²) in [4.78, 5) is 14.5. The lowest BCUT2D eigenvalue weighted by atomic mass is 10.1. The highest BCUT2D eigenvalue weighted by Gasteiger charge is 2.30. The first-order valence-electron chi connectivity index (χ1n) is 6.69. The van der Waals surface area contributed by atoms with E-state index in [0.717, 1.165) is 43.6 Å². The Kier molecular flexibility index (Phi) is 4.07. The monoisotopic (exact) mass is 250 g/mol. The van der Waals surface area contributed by atoms with Crippen molar-refractivity contribution in [2.45, 2.75) is 38.6 Å². The lowest BCUT2D eigenvalue weighted by Crippen LogP contribution is -2.36. The van der Waals surface area contributed by atoms with Crippen molar-refractivity contribution < 1.29 is 9.90 Å². The first kappa shape index (κ1) is 13.1. The van der Waals surface area contributed by atoms with Crippen LogP contribution in [-0.4, -0.2) is 39.7 Å². The van der Waals surface area contributed by atoms with Crippen LogP contribution in [0.4, 0.5) is 0 Å². The van der Waals surface area contributed by atoms with Gasteiger partial charge < -0.3 is 14.6 Å². The molecule has 2 rings (SSSR count). The highest BCUT2D eigenvalue weighted by atomic mass is 16.3. The van der Waals surface area contributed by atoms with Gasteiger partial charge in [-0.25, -0.2) is 0 Å². The molecule has 1 amide bonds. The molecule has 0 aromatic carbocycles. The molecule has 100 valence electrons. The fraction of sp³-hybridized carbons (Fsp3) is 0.643. The molecule has 2 heterocycles. The van der Waals surface area contributed by atoms with Crippen molar-refractivity contribution in [1.82, 2.24) is 9.47 Å². The molecule has 1 aromatic rings. The number of aryl methyl sites for hydroxylation is 1. The maximum atomic E-state index is 12.5. The van der Waals surface area contributed by atoms with Crippen LogP contribution in [0.5, 0.6) is 0 Å². The lowest BCUT2D eigenvalue weighted by molar-refractivity contribution is 0.0714. The molecule has 4 heteroatoms. The standard InChI is InChI=1S/C14H22N2O2/c1-11-7-8-13(15(11)2)14(18)16-9-3-5-12(16)6-4-10-17/h7-8,12,17H,3-6,9-10H2,1-2H3. The summed E-state index contributed by atoms with van der Waals surface area (Å²) < 4.78 is 1.95. The number of hydrogen-bond donors (Lipinski definition) is 1. The van der Waals surface area contributed by atoms with Crippen LogP contribution in [-0.2, 0) is 7.05 Å². The number of aliphatic hydroxyl groups is 1. The van der Waals surface area contributed by atoms with Gasteiger partial charge in [0, 0.05) is 31.9 Å². The van der Waals surface area contributed by atoms with Crippen LogP contribution in [0, 0.1) is 6.92 Å². The van der Waals surface area contributed by atoms with E-state index in [4.69, 9.17) is 5.11 Å². The van der Waals surface area contributed by atoms with Crippen molar-refractivity contribution in [3.05, 3.63) is 23.5 Å². The molecule has 1 atom stereocenters. The first-order chi connectivity index (χ1) is 8.65. The minimum atomic E-state index is 0.131. The molecule has 1 saturated heterocycles. The van der Waals surface area contributed by atoms with Crippen LogP contribution in [0.15, 0.2) is 12.1 Å². The third kappa shape index (κ3) is 2.43. The molecular formula is C14H22N2O2. The van der Waals surface area contributed by atoms with Crippen LogP contribution in [0.2, 0.25) is 0 Å². The van der Waals surface area contributed by atoms with Gasteiger partial charge in [-0.2, -0.15) is 0 Å². The van der Waals surface area contributed by atoms with Gasteiger partial charge in [-0.05, 0) is 44.7 Å². The smallest absolute Gasteiger partial charge is 0.270 e. The predicted octanol–water partition coefficient (Wildman–Crippen LogP) is 1.71. The van der Waals surface area contributed by atoms with Crippen molar-refractivity contribution in [3.63, 3.8) is 0 Å². The Morgan fingerprint density at radius 3 is 2.89 bits per heavy atom. The molecule has 18 heavy (non-hydrogen) atoms. The third-order valence-electron chi connectivity index (χ3n) is 3.93. The van der Waals surface area contributed by atoms with Crippen LogP contribution >= 0.6 is 0 Å². The summed E-state index contributed by atoms with van der Waals surface area (Å²) in [6.45, 7) is 3.06. The zero-order valence-corrected chi connectivity index (χ0v) is 11.2. The van der Waals surface area contributed by atoms with E-state index in [1.165, 1.54) is 0 Å². The van der Waals surface area contributed by atoms with E-state index in [1.807, 2.05) is 35.6 Å². The maximum Gasteiger partial charge on any atom is 0.270 e. The van der Waals surface area contributed by atoms with Gasteiger partial charge in [0.25, 0.3) is 5.91 Å². The molecule has 1 aliphatic rings. The van der Waals surface area contributed by atoms with Gasteiger partial charge in [-0.15, -0.1) is 0 Å². The summed E-state index contributed by atoms with van der Waals surface area (Å²) in [5.74, 6) is 0.131. The summed E-state index contributed by atoms with van der Waals surface area (Å²) in [5, 5.41) is 8.91. The Balaban J connectivity index is 2.10. The molecule has 0 bridgehead atoms. The molecule has 0 spiro atoms. The molecular weight excluding hydrogens is 228 g/mol. The number of aromatic nitrogens is 1. The number of rotatable bonds is 4. The van der Waals surface area contributed by atoms with Crippen molar-refractivity contribution >= 4 is 5.91 Å². The van der Waals surface area contributed by atoms with Crippen LogP contribution in [0.3, 0.4) is 0 Å². The number of aliphatic hydroxyl groups excluding tert-OH is 1. The number of nitrogens with zero attached hydrogens (tertiary/aromatic N) is 2. The number of amides is 1. The first-order valence-corrected chi connectivity index (χ1v) is 6.69. The second-order valence-electron chi connectivity index (χ2n) is 5.08. The van der Waals surface area contributed by atoms with Gasteiger partial charge in [-0.3, -0.25) is 4.79 Å². The molecule has 0 radical (unpaired) electrons. The zero-order valence-electron chi connectivity index (χ0n) is 11.2. The Labute approximate surface area is 108 Å². The lowest BCUT2D eigenvalue weighted by Gasteiger charge is -2.24. The second kappa shape index (κ2) is 5.57. The van der Waals surface area contributed by atoms with E-state index in [1.54, 1.807) is 0 Å². The average Bonchev–Trinajstić information content (AvgIpc) is 2.95. The number of carbonyl (C=O) groups excluding carboxylic acids is 1. The number of carbonyl (C=O) groups is 1. The van der Waals surface area contributed by atoms with E-state index in [-0.39, 0.29) is 12.5 Å². The van der Waals surface area contributed by atoms with E-state index >= 15 is 0 Å². The van der Waals surface area contributed by atoms with Gasteiger partial charge in [0.2, 0.25) is 0 Å². The Bertz CT molecular complexity index is 425. The van der Waals surface area contributed by atoms with E-state index in [0.29, 0.717) is 6.04 Å². The van der Waals surface area contributed by atoms with Crippen molar-refractivity contribution in [3.8, 4) is 0 Å². The van der Waals surface area contributed by atoms with Crippen LogP contribution < -0.4 is 0 Å².